The largest absolute Gasteiger partial charge is 0.465 e. The van der Waals surface area contributed by atoms with E-state index >= 15 is 0 Å². The molecule has 0 N–H and O–H groups in total. The van der Waals surface area contributed by atoms with Crippen LogP contribution in [0.3, 0.4) is 0 Å². The van der Waals surface area contributed by atoms with Crippen molar-refractivity contribution in [3.63, 3.8) is 0 Å². The standard InChI is InChI=1S/C18H17ClF2O2S/c1-3-24-17-8-12(16(21)10-15(17)19)5-4-11-6-7-13(20)9-14(11)18(22)23-2/h6-10H,3-5H2,1-2H3. The molecular formula is C18H17ClF2O2S. The molecule has 2 aromatic carbocycles. The first-order chi connectivity index (χ1) is 11.5. The molecule has 0 atom stereocenters. The van der Waals surface area contributed by atoms with Crippen LogP contribution in [0.25, 0.3) is 0 Å². The van der Waals surface area contributed by atoms with Crippen LogP contribution in [0.1, 0.15) is 28.4 Å². The Kier molecular flexibility index (Phi) is 6.63. The molecule has 128 valence electrons. The van der Waals surface area contributed by atoms with Crippen LogP contribution in [0.4, 0.5) is 8.78 Å². The van der Waals surface area contributed by atoms with Crippen LogP contribution in [-0.4, -0.2) is 18.8 Å². The fourth-order valence-electron chi connectivity index (χ4n) is 2.36. The number of thioether (sulfide) groups is 1. The van der Waals surface area contributed by atoms with Crippen molar-refractivity contribution in [3.8, 4) is 0 Å². The summed E-state index contributed by atoms with van der Waals surface area (Å²) in [6, 6.07) is 6.97. The molecular weight excluding hydrogens is 354 g/mol. The second-order valence-corrected chi connectivity index (χ2v) is 6.81. The summed E-state index contributed by atoms with van der Waals surface area (Å²) in [4.78, 5) is 12.6. The van der Waals surface area contributed by atoms with Gasteiger partial charge in [-0.3, -0.25) is 0 Å². The van der Waals surface area contributed by atoms with E-state index in [1.54, 1.807) is 6.07 Å². The zero-order valence-electron chi connectivity index (χ0n) is 13.4. The van der Waals surface area contributed by atoms with Crippen LogP contribution in [0.15, 0.2) is 35.2 Å². The van der Waals surface area contributed by atoms with Crippen molar-refractivity contribution in [2.24, 2.45) is 0 Å². The van der Waals surface area contributed by atoms with Crippen molar-refractivity contribution in [1.82, 2.24) is 0 Å². The van der Waals surface area contributed by atoms with Crippen molar-refractivity contribution < 1.29 is 18.3 Å². The first kappa shape index (κ1) is 18.7. The summed E-state index contributed by atoms with van der Waals surface area (Å²) in [5, 5.41) is 0.389. The third kappa shape index (κ3) is 4.48. The molecule has 2 nitrogen and oxygen atoms in total. The Labute approximate surface area is 149 Å². The van der Waals surface area contributed by atoms with Gasteiger partial charge in [0.25, 0.3) is 0 Å². The number of halogens is 3. The highest BCUT2D eigenvalue weighted by Crippen LogP contribution is 2.30. The molecule has 0 bridgehead atoms. The smallest absolute Gasteiger partial charge is 0.338 e. The summed E-state index contributed by atoms with van der Waals surface area (Å²) in [7, 11) is 1.24. The quantitative estimate of drug-likeness (QED) is 0.509. The SMILES string of the molecule is CCSc1cc(CCc2ccc(F)cc2C(=O)OC)c(F)cc1Cl. The molecule has 2 rings (SSSR count). The Morgan fingerprint density at radius 1 is 1.17 bits per heavy atom. The molecule has 0 aliphatic heterocycles. The highest BCUT2D eigenvalue weighted by Gasteiger charge is 2.15. The number of hydrogen-bond donors (Lipinski definition) is 0. The predicted molar refractivity (Wildman–Crippen MR) is 93.0 cm³/mol. The van der Waals surface area contributed by atoms with E-state index in [1.807, 2.05) is 6.92 Å². The minimum Gasteiger partial charge on any atom is -0.465 e. The molecule has 0 aliphatic rings. The van der Waals surface area contributed by atoms with Gasteiger partial charge in [-0.15, -0.1) is 11.8 Å². The highest BCUT2D eigenvalue weighted by atomic mass is 35.5. The molecule has 0 unspecified atom stereocenters. The van der Waals surface area contributed by atoms with E-state index in [4.69, 9.17) is 11.6 Å². The Hall–Kier alpha value is -1.59. The minimum atomic E-state index is -0.608. The van der Waals surface area contributed by atoms with Crippen molar-refractivity contribution >= 4 is 29.3 Å². The van der Waals surface area contributed by atoms with Gasteiger partial charge in [0.05, 0.1) is 17.7 Å². The van der Waals surface area contributed by atoms with Crippen molar-refractivity contribution in [1.29, 1.82) is 0 Å². The van der Waals surface area contributed by atoms with Gasteiger partial charge in [0.1, 0.15) is 11.6 Å². The average molecular weight is 371 g/mol. The van der Waals surface area contributed by atoms with E-state index in [2.05, 4.69) is 4.74 Å². The fourth-order valence-corrected chi connectivity index (χ4v) is 3.41. The van der Waals surface area contributed by atoms with Crippen LogP contribution in [-0.2, 0) is 17.6 Å². The first-order valence-electron chi connectivity index (χ1n) is 7.43. The number of ether oxygens (including phenoxy) is 1. The van der Waals surface area contributed by atoms with Gasteiger partial charge >= 0.3 is 5.97 Å². The maximum atomic E-state index is 14.1. The summed E-state index contributed by atoms with van der Waals surface area (Å²) in [5.41, 5.74) is 1.29. The van der Waals surface area contributed by atoms with Crippen LogP contribution in [0.2, 0.25) is 5.02 Å². The van der Waals surface area contributed by atoms with E-state index < -0.39 is 11.8 Å². The highest BCUT2D eigenvalue weighted by molar-refractivity contribution is 7.99. The van der Waals surface area contributed by atoms with Gasteiger partial charge < -0.3 is 4.74 Å². The molecule has 0 saturated heterocycles. The van der Waals surface area contributed by atoms with E-state index in [9.17, 15) is 13.6 Å². The monoisotopic (exact) mass is 370 g/mol. The number of benzene rings is 2. The van der Waals surface area contributed by atoms with E-state index in [-0.39, 0.29) is 11.4 Å². The molecule has 0 fully saturated rings. The fraction of sp³-hybridized carbons (Fsp3) is 0.278. The van der Waals surface area contributed by atoms with E-state index in [0.717, 1.165) is 16.7 Å². The third-order valence-electron chi connectivity index (χ3n) is 3.54. The van der Waals surface area contributed by atoms with Crippen molar-refractivity contribution in [2.45, 2.75) is 24.7 Å². The van der Waals surface area contributed by atoms with Crippen LogP contribution in [0.5, 0.6) is 0 Å². The maximum absolute atomic E-state index is 14.1. The Bertz CT molecular complexity index is 750. The van der Waals surface area contributed by atoms with Crippen molar-refractivity contribution in [2.75, 3.05) is 12.9 Å². The van der Waals surface area contributed by atoms with Crippen LogP contribution >= 0.6 is 23.4 Å². The zero-order chi connectivity index (χ0) is 17.7. The topological polar surface area (TPSA) is 26.3 Å². The maximum Gasteiger partial charge on any atom is 0.338 e. The molecule has 0 heterocycles. The minimum absolute atomic E-state index is 0.162. The molecule has 24 heavy (non-hydrogen) atoms. The molecule has 6 heteroatoms. The van der Waals surface area contributed by atoms with Gasteiger partial charge in [-0.25, -0.2) is 13.6 Å². The lowest BCUT2D eigenvalue weighted by atomic mass is 9.99. The summed E-state index contributed by atoms with van der Waals surface area (Å²) in [6.07, 6.45) is 0.759. The molecule has 0 aromatic heterocycles. The first-order valence-corrected chi connectivity index (χ1v) is 8.80. The van der Waals surface area contributed by atoms with Gasteiger partial charge in [0, 0.05) is 4.90 Å². The number of esters is 1. The molecule has 2 aromatic rings. The average Bonchev–Trinajstić information content (AvgIpc) is 2.56. The van der Waals surface area contributed by atoms with Crippen molar-refractivity contribution in [3.05, 3.63) is 63.7 Å². The second-order valence-electron chi connectivity index (χ2n) is 5.10. The third-order valence-corrected chi connectivity index (χ3v) is 4.90. The molecule has 0 amide bonds. The molecule has 0 saturated carbocycles. The molecule has 0 radical (unpaired) electrons. The zero-order valence-corrected chi connectivity index (χ0v) is 14.9. The van der Waals surface area contributed by atoms with E-state index in [1.165, 1.54) is 37.1 Å². The summed E-state index contributed by atoms with van der Waals surface area (Å²) < 4.78 is 32.2. The lowest BCUT2D eigenvalue weighted by Gasteiger charge is -2.11. The molecule has 0 aliphatic carbocycles. The Morgan fingerprint density at radius 3 is 2.54 bits per heavy atom. The van der Waals surface area contributed by atoms with Crippen LogP contribution < -0.4 is 0 Å². The number of hydrogen-bond acceptors (Lipinski definition) is 3. The number of carbonyl (C=O) groups is 1. The Morgan fingerprint density at radius 2 is 1.88 bits per heavy atom. The second kappa shape index (κ2) is 8.49. The van der Waals surface area contributed by atoms with Gasteiger partial charge in [0.2, 0.25) is 0 Å². The number of methoxy groups -OCH3 is 1. The normalized spacial score (nSPS) is 10.7. The number of aryl methyl sites for hydroxylation is 2. The van der Waals surface area contributed by atoms with E-state index in [0.29, 0.717) is 29.0 Å². The lowest BCUT2D eigenvalue weighted by molar-refractivity contribution is 0.0599. The van der Waals surface area contributed by atoms with Gasteiger partial charge in [-0.1, -0.05) is 24.6 Å². The predicted octanol–water partition coefficient (Wildman–Crippen LogP) is 5.30. The van der Waals surface area contributed by atoms with Gasteiger partial charge in [-0.2, -0.15) is 0 Å². The molecule has 0 spiro atoms. The number of rotatable bonds is 6. The number of carbonyl (C=O) groups excluding carboxylic acids is 1. The van der Waals surface area contributed by atoms with Gasteiger partial charge in [-0.05, 0) is 54.0 Å². The summed E-state index contributed by atoms with van der Waals surface area (Å²) >= 11 is 7.57. The van der Waals surface area contributed by atoms with Crippen LogP contribution in [0, 0.1) is 11.6 Å². The summed E-state index contributed by atoms with van der Waals surface area (Å²) in [5.74, 6) is -0.682. The lowest BCUT2D eigenvalue weighted by Crippen LogP contribution is -2.08. The van der Waals surface area contributed by atoms with Gasteiger partial charge in [0.15, 0.2) is 0 Å². The summed E-state index contributed by atoms with van der Waals surface area (Å²) in [6.45, 7) is 1.99. The Balaban J connectivity index is 2.25.